The van der Waals surface area contributed by atoms with E-state index in [9.17, 15) is 4.79 Å². The van der Waals surface area contributed by atoms with Gasteiger partial charge in [0.1, 0.15) is 5.69 Å². The number of amides is 1. The summed E-state index contributed by atoms with van der Waals surface area (Å²) in [5, 5.41) is 7.34. The molecule has 106 valence electrons. The molecule has 2 heterocycles. The summed E-state index contributed by atoms with van der Waals surface area (Å²) in [6, 6.07) is 0. The Bertz CT molecular complexity index is 475. The maximum absolute atomic E-state index is 12.4. The van der Waals surface area contributed by atoms with Crippen molar-refractivity contribution in [3.05, 3.63) is 11.4 Å². The van der Waals surface area contributed by atoms with Crippen LogP contribution in [0.3, 0.4) is 0 Å². The minimum Gasteiger partial charge on any atom is -0.395 e. The third-order valence-corrected chi connectivity index (χ3v) is 3.72. The number of anilines is 1. The van der Waals surface area contributed by atoms with E-state index in [2.05, 4.69) is 10.4 Å². The van der Waals surface area contributed by atoms with E-state index in [1.807, 2.05) is 13.8 Å². The molecule has 0 aliphatic carbocycles. The summed E-state index contributed by atoms with van der Waals surface area (Å²) in [4.78, 5) is 12.4. The van der Waals surface area contributed by atoms with Crippen LogP contribution in [0.25, 0.3) is 0 Å². The van der Waals surface area contributed by atoms with Gasteiger partial charge in [0, 0.05) is 25.8 Å². The van der Waals surface area contributed by atoms with Crippen molar-refractivity contribution in [3.8, 4) is 0 Å². The first-order chi connectivity index (χ1) is 8.97. The molecule has 1 saturated heterocycles. The highest BCUT2D eigenvalue weighted by atomic mass is 16.5. The third-order valence-electron chi connectivity index (χ3n) is 3.72. The van der Waals surface area contributed by atoms with Gasteiger partial charge >= 0.3 is 0 Å². The molecule has 0 saturated carbocycles. The molecule has 2 rings (SSSR count). The van der Waals surface area contributed by atoms with E-state index in [0.717, 1.165) is 25.0 Å². The Labute approximate surface area is 113 Å². The number of nitrogens with zero attached hydrogens (tertiary/aromatic N) is 2. The van der Waals surface area contributed by atoms with Crippen molar-refractivity contribution in [1.82, 2.24) is 15.1 Å². The summed E-state index contributed by atoms with van der Waals surface area (Å²) >= 11 is 0. The number of hydrogen-bond donors (Lipinski definition) is 2. The summed E-state index contributed by atoms with van der Waals surface area (Å²) in [6.07, 6.45) is 2.35. The first kappa shape index (κ1) is 13.9. The fraction of sp³-hybridized carbons (Fsp3) is 0.692. The van der Waals surface area contributed by atoms with E-state index in [1.54, 1.807) is 11.7 Å². The highest BCUT2D eigenvalue weighted by Crippen LogP contribution is 2.22. The zero-order chi connectivity index (χ0) is 14.0. The van der Waals surface area contributed by atoms with Crippen LogP contribution in [0.1, 0.15) is 42.9 Å². The zero-order valence-electron chi connectivity index (χ0n) is 11.8. The molecule has 1 aromatic rings. The average molecular weight is 266 g/mol. The van der Waals surface area contributed by atoms with Gasteiger partial charge in [-0.05, 0) is 26.2 Å². The second kappa shape index (κ2) is 5.21. The molecule has 0 spiro atoms. The van der Waals surface area contributed by atoms with Gasteiger partial charge in [-0.2, -0.15) is 5.10 Å². The van der Waals surface area contributed by atoms with Crippen molar-refractivity contribution in [2.45, 2.75) is 38.6 Å². The maximum atomic E-state index is 12.4. The molecule has 1 amide bonds. The van der Waals surface area contributed by atoms with Gasteiger partial charge in [-0.15, -0.1) is 0 Å². The number of hydrogen-bond acceptors (Lipinski definition) is 4. The molecule has 6 nitrogen and oxygen atoms in total. The van der Waals surface area contributed by atoms with Gasteiger partial charge < -0.3 is 15.8 Å². The van der Waals surface area contributed by atoms with E-state index in [0.29, 0.717) is 24.6 Å². The quantitative estimate of drug-likeness (QED) is 0.850. The van der Waals surface area contributed by atoms with Crippen LogP contribution in [0.2, 0.25) is 0 Å². The lowest BCUT2D eigenvalue weighted by molar-refractivity contribution is 0.0420. The standard InChI is InChI=1S/C13H22N4O2/c1-4-9-10(14)11(17(3)16-9)12(18)15-13(2)5-7-19-8-6-13/h4-8,14H2,1-3H3,(H,15,18). The first-order valence-corrected chi connectivity index (χ1v) is 6.68. The molecule has 6 heteroatoms. The number of nitrogens with two attached hydrogens (primary N) is 1. The van der Waals surface area contributed by atoms with Crippen molar-refractivity contribution in [1.29, 1.82) is 0 Å². The first-order valence-electron chi connectivity index (χ1n) is 6.68. The molecule has 19 heavy (non-hydrogen) atoms. The predicted molar refractivity (Wildman–Crippen MR) is 72.9 cm³/mol. The molecular weight excluding hydrogens is 244 g/mol. The van der Waals surface area contributed by atoms with Crippen LogP contribution in [-0.4, -0.2) is 34.4 Å². The highest BCUT2D eigenvalue weighted by Gasteiger charge is 2.31. The van der Waals surface area contributed by atoms with Crippen LogP contribution < -0.4 is 11.1 Å². The van der Waals surface area contributed by atoms with Gasteiger partial charge in [-0.3, -0.25) is 9.48 Å². The van der Waals surface area contributed by atoms with Crippen LogP contribution >= 0.6 is 0 Å². The molecule has 0 bridgehead atoms. The van der Waals surface area contributed by atoms with Gasteiger partial charge in [0.05, 0.1) is 11.4 Å². The molecule has 1 aliphatic heterocycles. The number of carbonyl (C=O) groups is 1. The highest BCUT2D eigenvalue weighted by molar-refractivity contribution is 5.98. The lowest BCUT2D eigenvalue weighted by Crippen LogP contribution is -2.50. The molecule has 0 unspecified atom stereocenters. The lowest BCUT2D eigenvalue weighted by atomic mass is 9.92. The zero-order valence-corrected chi connectivity index (χ0v) is 11.8. The molecule has 1 aromatic heterocycles. The Hall–Kier alpha value is -1.56. The minimum absolute atomic E-state index is 0.156. The number of carbonyl (C=O) groups excluding carboxylic acids is 1. The average Bonchev–Trinajstić information content (AvgIpc) is 2.64. The van der Waals surface area contributed by atoms with E-state index < -0.39 is 0 Å². The van der Waals surface area contributed by atoms with Crippen molar-refractivity contribution >= 4 is 11.6 Å². The number of nitrogen functional groups attached to an aromatic ring is 1. The molecular formula is C13H22N4O2. The van der Waals surface area contributed by atoms with Crippen LogP contribution in [0.15, 0.2) is 0 Å². The number of rotatable bonds is 3. The molecule has 1 aliphatic rings. The summed E-state index contributed by atoms with van der Waals surface area (Å²) < 4.78 is 6.89. The Balaban J connectivity index is 2.18. The Kier molecular flexibility index (Phi) is 3.80. The Morgan fingerprint density at radius 3 is 2.68 bits per heavy atom. The van der Waals surface area contributed by atoms with Gasteiger partial charge in [0.25, 0.3) is 5.91 Å². The number of nitrogens with one attached hydrogen (secondary N) is 1. The van der Waals surface area contributed by atoms with Gasteiger partial charge in [-0.1, -0.05) is 6.92 Å². The largest absolute Gasteiger partial charge is 0.395 e. The monoisotopic (exact) mass is 266 g/mol. The van der Waals surface area contributed by atoms with Crippen molar-refractivity contribution in [2.24, 2.45) is 7.05 Å². The summed E-state index contributed by atoms with van der Waals surface area (Å²) in [5.41, 5.74) is 7.47. The molecule has 0 radical (unpaired) electrons. The normalized spacial score (nSPS) is 18.3. The maximum Gasteiger partial charge on any atom is 0.272 e. The van der Waals surface area contributed by atoms with E-state index in [1.165, 1.54) is 0 Å². The predicted octanol–water partition coefficient (Wildman–Crippen LogP) is 0.864. The summed E-state index contributed by atoms with van der Waals surface area (Å²) in [5.74, 6) is -0.156. The molecule has 3 N–H and O–H groups in total. The van der Waals surface area contributed by atoms with Gasteiger partial charge in [0.2, 0.25) is 0 Å². The summed E-state index contributed by atoms with van der Waals surface area (Å²) in [6.45, 7) is 5.37. The molecule has 1 fully saturated rings. The SMILES string of the molecule is CCc1nn(C)c(C(=O)NC2(C)CCOCC2)c1N. The van der Waals surface area contributed by atoms with Crippen LogP contribution in [0.5, 0.6) is 0 Å². The van der Waals surface area contributed by atoms with Crippen LogP contribution in [-0.2, 0) is 18.2 Å². The van der Waals surface area contributed by atoms with E-state index >= 15 is 0 Å². The minimum atomic E-state index is -0.224. The second-order valence-corrected chi connectivity index (χ2v) is 5.31. The lowest BCUT2D eigenvalue weighted by Gasteiger charge is -2.34. The smallest absolute Gasteiger partial charge is 0.272 e. The number of aromatic nitrogens is 2. The number of aryl methyl sites for hydroxylation is 2. The van der Waals surface area contributed by atoms with Crippen molar-refractivity contribution < 1.29 is 9.53 Å². The molecule has 0 aromatic carbocycles. The Morgan fingerprint density at radius 2 is 2.16 bits per heavy atom. The second-order valence-electron chi connectivity index (χ2n) is 5.31. The third kappa shape index (κ3) is 2.73. The Morgan fingerprint density at radius 1 is 1.53 bits per heavy atom. The number of ether oxygens (including phenoxy) is 1. The van der Waals surface area contributed by atoms with Crippen molar-refractivity contribution in [2.75, 3.05) is 18.9 Å². The fourth-order valence-corrected chi connectivity index (χ4v) is 2.41. The van der Waals surface area contributed by atoms with Gasteiger partial charge in [-0.25, -0.2) is 0 Å². The summed E-state index contributed by atoms with van der Waals surface area (Å²) in [7, 11) is 1.75. The van der Waals surface area contributed by atoms with E-state index in [4.69, 9.17) is 10.5 Å². The van der Waals surface area contributed by atoms with Crippen molar-refractivity contribution in [3.63, 3.8) is 0 Å². The fourth-order valence-electron chi connectivity index (χ4n) is 2.41. The van der Waals surface area contributed by atoms with Gasteiger partial charge in [0.15, 0.2) is 0 Å². The van der Waals surface area contributed by atoms with Crippen LogP contribution in [0, 0.1) is 0 Å². The van der Waals surface area contributed by atoms with Crippen LogP contribution in [0.4, 0.5) is 5.69 Å². The topological polar surface area (TPSA) is 82.2 Å². The van der Waals surface area contributed by atoms with E-state index in [-0.39, 0.29) is 11.4 Å². The molecule has 0 atom stereocenters.